The van der Waals surface area contributed by atoms with Crippen molar-refractivity contribution in [2.24, 2.45) is 0 Å². The highest BCUT2D eigenvalue weighted by molar-refractivity contribution is 5.38. The van der Waals surface area contributed by atoms with Crippen molar-refractivity contribution in [3.05, 3.63) is 53.9 Å². The van der Waals surface area contributed by atoms with Crippen LogP contribution >= 0.6 is 0 Å². The molecular formula is C14H13F3N2O. The largest absolute Gasteiger partial charge is 0.457 e. The quantitative estimate of drug-likeness (QED) is 0.930. The van der Waals surface area contributed by atoms with Crippen molar-refractivity contribution in [1.29, 1.82) is 0 Å². The molecule has 0 aliphatic heterocycles. The fourth-order valence-corrected chi connectivity index (χ4v) is 1.70. The number of hydrogen-bond acceptors (Lipinski definition) is 3. The van der Waals surface area contributed by atoms with Crippen LogP contribution in [0.1, 0.15) is 11.1 Å². The number of halogens is 3. The van der Waals surface area contributed by atoms with E-state index < -0.39 is 11.7 Å². The molecule has 0 aliphatic rings. The number of benzene rings is 1. The molecule has 1 aromatic carbocycles. The van der Waals surface area contributed by atoms with Gasteiger partial charge in [-0.2, -0.15) is 13.2 Å². The molecule has 0 unspecified atom stereocenters. The van der Waals surface area contributed by atoms with Crippen LogP contribution in [0.5, 0.6) is 11.5 Å². The second-order valence-corrected chi connectivity index (χ2v) is 4.14. The molecule has 2 aromatic rings. The standard InChI is InChI=1S/C14H13F3N2O/c1-18-8-10-9-19-6-5-13(10)20-12-4-2-3-11(7-12)14(15,16)17/h2-7,9,18H,8H2,1H3. The van der Waals surface area contributed by atoms with E-state index in [1.54, 1.807) is 19.3 Å². The highest BCUT2D eigenvalue weighted by Gasteiger charge is 2.30. The minimum atomic E-state index is -4.38. The molecule has 0 bridgehead atoms. The van der Waals surface area contributed by atoms with E-state index >= 15 is 0 Å². The van der Waals surface area contributed by atoms with Gasteiger partial charge in [0.25, 0.3) is 0 Å². The molecule has 3 nitrogen and oxygen atoms in total. The van der Waals surface area contributed by atoms with Gasteiger partial charge >= 0.3 is 6.18 Å². The zero-order valence-electron chi connectivity index (χ0n) is 10.7. The van der Waals surface area contributed by atoms with E-state index in [0.717, 1.165) is 17.7 Å². The Bertz CT molecular complexity index is 585. The van der Waals surface area contributed by atoms with Crippen LogP contribution in [0.15, 0.2) is 42.7 Å². The minimum absolute atomic E-state index is 0.142. The Morgan fingerprint density at radius 3 is 2.75 bits per heavy atom. The summed E-state index contributed by atoms with van der Waals surface area (Å²) in [6.45, 7) is 0.516. The van der Waals surface area contributed by atoms with Crippen LogP contribution in [0.3, 0.4) is 0 Å². The molecule has 20 heavy (non-hydrogen) atoms. The third-order valence-electron chi connectivity index (χ3n) is 2.62. The molecule has 6 heteroatoms. The Morgan fingerprint density at radius 2 is 2.05 bits per heavy atom. The van der Waals surface area contributed by atoms with E-state index in [1.165, 1.54) is 18.3 Å². The average Bonchev–Trinajstić information content (AvgIpc) is 2.41. The van der Waals surface area contributed by atoms with E-state index in [0.29, 0.717) is 12.3 Å². The van der Waals surface area contributed by atoms with Crippen molar-refractivity contribution < 1.29 is 17.9 Å². The normalized spacial score (nSPS) is 11.4. The van der Waals surface area contributed by atoms with Crippen LogP contribution in [0.25, 0.3) is 0 Å². The molecule has 0 saturated heterocycles. The van der Waals surface area contributed by atoms with E-state index in [2.05, 4.69) is 10.3 Å². The van der Waals surface area contributed by atoms with Crippen LogP contribution in [-0.2, 0) is 12.7 Å². The first kappa shape index (κ1) is 14.3. The highest BCUT2D eigenvalue weighted by atomic mass is 19.4. The molecule has 0 fully saturated rings. The molecule has 0 atom stereocenters. The molecule has 1 heterocycles. The zero-order valence-corrected chi connectivity index (χ0v) is 10.7. The van der Waals surface area contributed by atoms with Crippen LogP contribution in [0.4, 0.5) is 13.2 Å². The number of pyridine rings is 1. The topological polar surface area (TPSA) is 34.2 Å². The Kier molecular flexibility index (Phi) is 4.24. The Balaban J connectivity index is 2.26. The fourth-order valence-electron chi connectivity index (χ4n) is 1.70. The molecule has 0 aliphatic carbocycles. The lowest BCUT2D eigenvalue weighted by molar-refractivity contribution is -0.137. The van der Waals surface area contributed by atoms with Crippen LogP contribution in [0.2, 0.25) is 0 Å². The molecule has 1 N–H and O–H groups in total. The lowest BCUT2D eigenvalue weighted by Crippen LogP contribution is -2.07. The predicted octanol–water partition coefficient (Wildman–Crippen LogP) is 3.61. The number of hydrogen-bond donors (Lipinski definition) is 1. The van der Waals surface area contributed by atoms with Gasteiger partial charge in [-0.05, 0) is 31.3 Å². The smallest absolute Gasteiger partial charge is 0.416 e. The van der Waals surface area contributed by atoms with Gasteiger partial charge in [0.1, 0.15) is 11.5 Å². The first-order valence-electron chi connectivity index (χ1n) is 5.93. The van der Waals surface area contributed by atoms with Crippen LogP contribution in [-0.4, -0.2) is 12.0 Å². The van der Waals surface area contributed by atoms with Gasteiger partial charge in [-0.25, -0.2) is 0 Å². The number of alkyl halides is 3. The summed E-state index contributed by atoms with van der Waals surface area (Å²) >= 11 is 0. The summed E-state index contributed by atoms with van der Waals surface area (Å²) in [5, 5.41) is 2.95. The van der Waals surface area contributed by atoms with E-state index in [-0.39, 0.29) is 5.75 Å². The summed E-state index contributed by atoms with van der Waals surface area (Å²) in [7, 11) is 1.76. The van der Waals surface area contributed by atoms with Gasteiger partial charge < -0.3 is 10.1 Å². The van der Waals surface area contributed by atoms with Crippen molar-refractivity contribution in [3.8, 4) is 11.5 Å². The minimum Gasteiger partial charge on any atom is -0.457 e. The third-order valence-corrected chi connectivity index (χ3v) is 2.62. The van der Waals surface area contributed by atoms with Crippen molar-refractivity contribution in [2.45, 2.75) is 12.7 Å². The lowest BCUT2D eigenvalue weighted by Gasteiger charge is -2.12. The first-order valence-corrected chi connectivity index (χ1v) is 5.93. The summed E-state index contributed by atoms with van der Waals surface area (Å²) in [6.07, 6.45) is -1.24. The van der Waals surface area contributed by atoms with E-state index in [1.807, 2.05) is 0 Å². The highest BCUT2D eigenvalue weighted by Crippen LogP contribution is 2.33. The molecular weight excluding hydrogens is 269 g/mol. The second kappa shape index (κ2) is 5.92. The van der Waals surface area contributed by atoms with Gasteiger partial charge in [0.15, 0.2) is 0 Å². The summed E-state index contributed by atoms with van der Waals surface area (Å²) in [4.78, 5) is 3.96. The van der Waals surface area contributed by atoms with Crippen molar-refractivity contribution >= 4 is 0 Å². The molecule has 0 saturated carbocycles. The summed E-state index contributed by atoms with van der Waals surface area (Å²) in [6, 6.07) is 6.40. The molecule has 0 radical (unpaired) electrons. The number of rotatable bonds is 4. The summed E-state index contributed by atoms with van der Waals surface area (Å²) in [5.41, 5.74) is 0.0339. The maximum absolute atomic E-state index is 12.6. The maximum Gasteiger partial charge on any atom is 0.416 e. The molecule has 1 aromatic heterocycles. The van der Waals surface area contributed by atoms with Gasteiger partial charge in [0.2, 0.25) is 0 Å². The van der Waals surface area contributed by atoms with E-state index in [9.17, 15) is 13.2 Å². The maximum atomic E-state index is 12.6. The monoisotopic (exact) mass is 282 g/mol. The SMILES string of the molecule is CNCc1cnccc1Oc1cccc(C(F)(F)F)c1. The third kappa shape index (κ3) is 3.48. The lowest BCUT2D eigenvalue weighted by atomic mass is 10.2. The fraction of sp³-hybridized carbons (Fsp3) is 0.214. The number of nitrogens with one attached hydrogen (secondary N) is 1. The van der Waals surface area contributed by atoms with Gasteiger partial charge in [0.05, 0.1) is 5.56 Å². The van der Waals surface area contributed by atoms with Crippen molar-refractivity contribution in [1.82, 2.24) is 10.3 Å². The van der Waals surface area contributed by atoms with Crippen molar-refractivity contribution in [3.63, 3.8) is 0 Å². The van der Waals surface area contributed by atoms with Crippen molar-refractivity contribution in [2.75, 3.05) is 7.05 Å². The Labute approximate surface area is 114 Å². The van der Waals surface area contributed by atoms with E-state index in [4.69, 9.17) is 4.74 Å². The predicted molar refractivity (Wildman–Crippen MR) is 68.5 cm³/mol. The zero-order chi connectivity index (χ0) is 14.6. The van der Waals surface area contributed by atoms with Gasteiger partial charge in [-0.1, -0.05) is 6.07 Å². The number of aromatic nitrogens is 1. The molecule has 2 rings (SSSR count). The van der Waals surface area contributed by atoms with Gasteiger partial charge in [-0.15, -0.1) is 0 Å². The summed E-state index contributed by atoms with van der Waals surface area (Å²) in [5.74, 6) is 0.622. The second-order valence-electron chi connectivity index (χ2n) is 4.14. The van der Waals surface area contributed by atoms with Crippen LogP contribution in [0, 0.1) is 0 Å². The average molecular weight is 282 g/mol. The number of ether oxygens (including phenoxy) is 1. The Hall–Kier alpha value is -2.08. The number of nitrogens with zero attached hydrogens (tertiary/aromatic N) is 1. The van der Waals surface area contributed by atoms with Gasteiger partial charge in [0, 0.05) is 24.5 Å². The molecule has 0 spiro atoms. The van der Waals surface area contributed by atoms with Gasteiger partial charge in [-0.3, -0.25) is 4.98 Å². The molecule has 0 amide bonds. The van der Waals surface area contributed by atoms with Crippen LogP contribution < -0.4 is 10.1 Å². The molecule has 106 valence electrons. The first-order chi connectivity index (χ1) is 9.50. The Morgan fingerprint density at radius 1 is 1.25 bits per heavy atom. The summed E-state index contributed by atoms with van der Waals surface area (Å²) < 4.78 is 43.4.